The average molecular weight is 396 g/mol. The maximum Gasteiger partial charge on any atom is 0.244 e. The quantitative estimate of drug-likeness (QED) is 0.722. The van der Waals surface area contributed by atoms with E-state index >= 15 is 0 Å². The van der Waals surface area contributed by atoms with Gasteiger partial charge < -0.3 is 19.3 Å². The molecule has 148 valence electrons. The van der Waals surface area contributed by atoms with Crippen molar-refractivity contribution >= 4 is 10.0 Å². The standard InChI is InChI=1S/C17H24N4O5S/c1-11(18-3)9-16-19-17(26-20-16)12(2)21-27(22,23)13-5-6-14-15(10-13)25-8-4-7-24-14/h5-6,10-12,18,21H,4,7-9H2,1-3H3. The zero-order chi connectivity index (χ0) is 19.4. The largest absolute Gasteiger partial charge is 0.490 e. The average Bonchev–Trinajstić information content (AvgIpc) is 2.97. The zero-order valence-corrected chi connectivity index (χ0v) is 16.4. The molecule has 0 aliphatic carbocycles. The van der Waals surface area contributed by atoms with E-state index in [1.54, 1.807) is 13.0 Å². The highest BCUT2D eigenvalue weighted by Gasteiger charge is 2.24. The van der Waals surface area contributed by atoms with Crippen molar-refractivity contribution in [3.8, 4) is 11.5 Å². The number of benzene rings is 1. The molecule has 27 heavy (non-hydrogen) atoms. The molecule has 1 aliphatic rings. The van der Waals surface area contributed by atoms with Crippen LogP contribution in [0.15, 0.2) is 27.6 Å². The number of rotatable bonds is 7. The van der Waals surface area contributed by atoms with Crippen molar-refractivity contribution in [2.75, 3.05) is 20.3 Å². The summed E-state index contributed by atoms with van der Waals surface area (Å²) in [5.74, 6) is 1.70. The molecule has 1 aromatic heterocycles. The van der Waals surface area contributed by atoms with Crippen LogP contribution in [0, 0.1) is 0 Å². The molecule has 0 saturated carbocycles. The Morgan fingerprint density at radius 3 is 2.67 bits per heavy atom. The topological polar surface area (TPSA) is 116 Å². The van der Waals surface area contributed by atoms with Crippen LogP contribution in [-0.4, -0.2) is 44.9 Å². The van der Waals surface area contributed by atoms with E-state index in [0.717, 1.165) is 6.42 Å². The highest BCUT2D eigenvalue weighted by atomic mass is 32.2. The molecule has 2 atom stereocenters. The molecule has 0 saturated heterocycles. The van der Waals surface area contributed by atoms with E-state index in [-0.39, 0.29) is 16.8 Å². The van der Waals surface area contributed by atoms with Crippen molar-refractivity contribution in [3.05, 3.63) is 29.9 Å². The molecule has 3 rings (SSSR count). The van der Waals surface area contributed by atoms with Crippen LogP contribution in [0.2, 0.25) is 0 Å². The number of likely N-dealkylation sites (N-methyl/N-ethyl adjacent to an activating group) is 1. The van der Waals surface area contributed by atoms with Crippen LogP contribution in [0.25, 0.3) is 0 Å². The smallest absolute Gasteiger partial charge is 0.244 e. The Morgan fingerprint density at radius 1 is 1.19 bits per heavy atom. The first-order valence-electron chi connectivity index (χ1n) is 8.81. The summed E-state index contributed by atoms with van der Waals surface area (Å²) in [6.07, 6.45) is 1.33. The predicted molar refractivity (Wildman–Crippen MR) is 97.3 cm³/mol. The summed E-state index contributed by atoms with van der Waals surface area (Å²) in [7, 11) is -1.95. The van der Waals surface area contributed by atoms with Gasteiger partial charge in [-0.2, -0.15) is 9.71 Å². The number of fused-ring (bicyclic) bond motifs is 1. The molecule has 2 N–H and O–H groups in total. The molecule has 0 bridgehead atoms. The van der Waals surface area contributed by atoms with Gasteiger partial charge in [0.05, 0.1) is 24.2 Å². The maximum atomic E-state index is 12.7. The first-order chi connectivity index (χ1) is 12.9. The molecule has 1 aliphatic heterocycles. The van der Waals surface area contributed by atoms with Gasteiger partial charge in [-0.25, -0.2) is 8.42 Å². The number of sulfonamides is 1. The Bertz CT molecular complexity index is 883. The lowest BCUT2D eigenvalue weighted by atomic mass is 10.2. The predicted octanol–water partition coefficient (Wildman–Crippen LogP) is 1.42. The summed E-state index contributed by atoms with van der Waals surface area (Å²) >= 11 is 0. The van der Waals surface area contributed by atoms with E-state index in [2.05, 4.69) is 20.2 Å². The van der Waals surface area contributed by atoms with Gasteiger partial charge >= 0.3 is 0 Å². The van der Waals surface area contributed by atoms with E-state index in [4.69, 9.17) is 14.0 Å². The molecule has 2 unspecified atom stereocenters. The number of ether oxygens (including phenoxy) is 2. The third-order valence-corrected chi connectivity index (χ3v) is 5.74. The second-order valence-electron chi connectivity index (χ2n) is 6.44. The van der Waals surface area contributed by atoms with Crippen molar-refractivity contribution < 1.29 is 22.4 Å². The lowest BCUT2D eigenvalue weighted by molar-refractivity contribution is 0.297. The van der Waals surface area contributed by atoms with Gasteiger partial charge in [-0.15, -0.1) is 0 Å². The summed E-state index contributed by atoms with van der Waals surface area (Å²) in [4.78, 5) is 4.35. The summed E-state index contributed by atoms with van der Waals surface area (Å²) in [5, 5.41) is 6.98. The van der Waals surface area contributed by atoms with Gasteiger partial charge in [-0.3, -0.25) is 0 Å². The molecule has 0 fully saturated rings. The van der Waals surface area contributed by atoms with Gasteiger partial charge in [-0.1, -0.05) is 5.16 Å². The van der Waals surface area contributed by atoms with Crippen LogP contribution in [0.5, 0.6) is 11.5 Å². The molecule has 1 aromatic carbocycles. The van der Waals surface area contributed by atoms with Crippen molar-refractivity contribution in [1.29, 1.82) is 0 Å². The molecule has 0 radical (unpaired) electrons. The Kier molecular flexibility index (Phi) is 5.98. The molecule has 0 amide bonds. The normalized spacial score (nSPS) is 16.6. The fourth-order valence-electron chi connectivity index (χ4n) is 2.56. The van der Waals surface area contributed by atoms with Crippen molar-refractivity contribution in [3.63, 3.8) is 0 Å². The van der Waals surface area contributed by atoms with Gasteiger partial charge in [0.1, 0.15) is 0 Å². The summed E-state index contributed by atoms with van der Waals surface area (Å²) < 4.78 is 44.3. The lowest BCUT2D eigenvalue weighted by Gasteiger charge is -2.13. The van der Waals surface area contributed by atoms with E-state index < -0.39 is 16.1 Å². The first-order valence-corrected chi connectivity index (χ1v) is 10.3. The third kappa shape index (κ3) is 4.76. The van der Waals surface area contributed by atoms with E-state index in [1.807, 2.05) is 14.0 Å². The molecule has 10 heteroatoms. The van der Waals surface area contributed by atoms with Crippen LogP contribution < -0.4 is 19.5 Å². The minimum absolute atomic E-state index is 0.0853. The van der Waals surface area contributed by atoms with Gasteiger partial charge in [0.25, 0.3) is 0 Å². The van der Waals surface area contributed by atoms with E-state index in [0.29, 0.717) is 37.0 Å². The van der Waals surface area contributed by atoms with Gasteiger partial charge in [0, 0.05) is 24.9 Å². The molecule has 0 spiro atoms. The maximum absolute atomic E-state index is 12.7. The van der Waals surface area contributed by atoms with Gasteiger partial charge in [0.2, 0.25) is 15.9 Å². The van der Waals surface area contributed by atoms with E-state index in [1.165, 1.54) is 12.1 Å². The molecular formula is C17H24N4O5S. The highest BCUT2D eigenvalue weighted by molar-refractivity contribution is 7.89. The molecular weight excluding hydrogens is 372 g/mol. The Hall–Kier alpha value is -2.17. The van der Waals surface area contributed by atoms with Gasteiger partial charge in [0.15, 0.2) is 17.3 Å². The van der Waals surface area contributed by atoms with Gasteiger partial charge in [-0.05, 0) is 33.0 Å². The third-order valence-electron chi connectivity index (χ3n) is 4.20. The number of hydrogen-bond acceptors (Lipinski definition) is 8. The molecule has 2 aromatic rings. The van der Waals surface area contributed by atoms with Crippen molar-refractivity contribution in [2.24, 2.45) is 0 Å². The SMILES string of the molecule is CNC(C)Cc1noc(C(C)NS(=O)(=O)c2ccc3c(c2)OCCCO3)n1. The van der Waals surface area contributed by atoms with Crippen LogP contribution in [0.1, 0.15) is 38.0 Å². The monoisotopic (exact) mass is 396 g/mol. The first kappa shape index (κ1) is 19.6. The number of aromatic nitrogens is 2. The highest BCUT2D eigenvalue weighted by Crippen LogP contribution is 2.32. The van der Waals surface area contributed by atoms with E-state index in [9.17, 15) is 8.42 Å². The summed E-state index contributed by atoms with van der Waals surface area (Å²) in [6, 6.07) is 4.06. The number of nitrogens with one attached hydrogen (secondary N) is 2. The Balaban J connectivity index is 1.73. The fraction of sp³-hybridized carbons (Fsp3) is 0.529. The van der Waals surface area contributed by atoms with Crippen LogP contribution in [0.4, 0.5) is 0 Å². The van der Waals surface area contributed by atoms with Crippen LogP contribution >= 0.6 is 0 Å². The minimum Gasteiger partial charge on any atom is -0.490 e. The lowest BCUT2D eigenvalue weighted by Crippen LogP contribution is -2.27. The van der Waals surface area contributed by atoms with Crippen molar-refractivity contribution in [2.45, 2.75) is 43.7 Å². The Morgan fingerprint density at radius 2 is 1.93 bits per heavy atom. The Labute approximate surface area is 158 Å². The second-order valence-corrected chi connectivity index (χ2v) is 8.16. The minimum atomic E-state index is -3.80. The second kappa shape index (κ2) is 8.24. The summed E-state index contributed by atoms with van der Waals surface area (Å²) in [6.45, 7) is 4.67. The molecule has 9 nitrogen and oxygen atoms in total. The number of hydrogen-bond donors (Lipinski definition) is 2. The van der Waals surface area contributed by atoms with Crippen LogP contribution in [0.3, 0.4) is 0 Å². The molecule has 2 heterocycles. The fourth-order valence-corrected chi connectivity index (χ4v) is 3.78. The number of nitrogens with zero attached hydrogens (tertiary/aromatic N) is 2. The zero-order valence-electron chi connectivity index (χ0n) is 15.6. The summed E-state index contributed by atoms with van der Waals surface area (Å²) in [5.41, 5.74) is 0. The van der Waals surface area contributed by atoms with Crippen molar-refractivity contribution in [1.82, 2.24) is 20.2 Å². The van der Waals surface area contributed by atoms with Crippen LogP contribution in [-0.2, 0) is 16.4 Å².